The summed E-state index contributed by atoms with van der Waals surface area (Å²) in [5.74, 6) is 2.54. The Bertz CT molecular complexity index is 823. The van der Waals surface area contributed by atoms with Crippen molar-refractivity contribution in [3.63, 3.8) is 0 Å². The van der Waals surface area contributed by atoms with E-state index in [1.165, 1.54) is 32.1 Å². The minimum Gasteiger partial charge on any atom is -0.358 e. The fourth-order valence-electron chi connectivity index (χ4n) is 4.00. The highest BCUT2D eigenvalue weighted by atomic mass is 32.1. The molecule has 2 aliphatic heterocycles. The topological polar surface area (TPSA) is 69.2 Å². The standard InChI is InChI=1S/C21H29N7S/c1-16-7-2-3-12-28(16)19-13-18(27-10-4-5-11-27)24-20(25-19)26-21(29)23-15-17-8-6-9-22-14-17/h6,8-9,13-14,16H,2-5,7,10-12,15H2,1H3,(H2,23,24,25,26,29). The lowest BCUT2D eigenvalue weighted by atomic mass is 10.0. The first-order chi connectivity index (χ1) is 14.2. The number of pyridine rings is 1. The number of anilines is 3. The van der Waals surface area contributed by atoms with Gasteiger partial charge in [0, 0.05) is 50.7 Å². The van der Waals surface area contributed by atoms with Crippen LogP contribution in [0, 0.1) is 0 Å². The number of rotatable bonds is 5. The van der Waals surface area contributed by atoms with Gasteiger partial charge in [-0.05, 0) is 62.9 Å². The highest BCUT2D eigenvalue weighted by Gasteiger charge is 2.23. The van der Waals surface area contributed by atoms with E-state index in [1.807, 2.05) is 18.3 Å². The van der Waals surface area contributed by atoms with E-state index in [1.54, 1.807) is 6.20 Å². The average Bonchev–Trinajstić information content (AvgIpc) is 3.28. The van der Waals surface area contributed by atoms with Crippen LogP contribution in [-0.2, 0) is 6.54 Å². The highest BCUT2D eigenvalue weighted by Crippen LogP contribution is 2.28. The van der Waals surface area contributed by atoms with Crippen molar-refractivity contribution in [3.8, 4) is 0 Å². The number of piperidine rings is 1. The van der Waals surface area contributed by atoms with E-state index < -0.39 is 0 Å². The molecule has 2 saturated heterocycles. The summed E-state index contributed by atoms with van der Waals surface area (Å²) in [7, 11) is 0. The molecule has 7 nitrogen and oxygen atoms in total. The van der Waals surface area contributed by atoms with Crippen LogP contribution in [0.25, 0.3) is 0 Å². The molecule has 0 saturated carbocycles. The van der Waals surface area contributed by atoms with E-state index in [2.05, 4.69) is 38.4 Å². The summed E-state index contributed by atoms with van der Waals surface area (Å²) in [6, 6.07) is 6.57. The third-order valence-electron chi connectivity index (χ3n) is 5.63. The summed E-state index contributed by atoms with van der Waals surface area (Å²) in [5.41, 5.74) is 1.08. The van der Waals surface area contributed by atoms with Gasteiger partial charge in [0.2, 0.25) is 5.95 Å². The van der Waals surface area contributed by atoms with E-state index in [0.29, 0.717) is 23.6 Å². The number of aromatic nitrogens is 3. The zero-order valence-corrected chi connectivity index (χ0v) is 17.8. The molecular weight excluding hydrogens is 382 g/mol. The maximum atomic E-state index is 5.49. The molecule has 29 heavy (non-hydrogen) atoms. The molecule has 0 bridgehead atoms. The third-order valence-corrected chi connectivity index (χ3v) is 5.87. The molecule has 8 heteroatoms. The molecule has 0 spiro atoms. The van der Waals surface area contributed by atoms with Crippen LogP contribution < -0.4 is 20.4 Å². The van der Waals surface area contributed by atoms with Gasteiger partial charge in [0.25, 0.3) is 0 Å². The first-order valence-corrected chi connectivity index (χ1v) is 10.9. The largest absolute Gasteiger partial charge is 0.358 e. The number of thiocarbonyl (C=S) groups is 1. The van der Waals surface area contributed by atoms with Crippen molar-refractivity contribution in [1.82, 2.24) is 20.3 Å². The van der Waals surface area contributed by atoms with E-state index in [0.717, 1.165) is 36.8 Å². The molecule has 1 unspecified atom stereocenters. The second-order valence-corrected chi connectivity index (χ2v) is 8.22. The van der Waals surface area contributed by atoms with Gasteiger partial charge < -0.3 is 20.4 Å². The minimum atomic E-state index is 0.494. The maximum absolute atomic E-state index is 5.49. The zero-order valence-electron chi connectivity index (χ0n) is 17.0. The van der Waals surface area contributed by atoms with Crippen LogP contribution in [-0.4, -0.2) is 45.7 Å². The Morgan fingerprint density at radius 2 is 1.93 bits per heavy atom. The first-order valence-electron chi connectivity index (χ1n) is 10.5. The Balaban J connectivity index is 1.50. The van der Waals surface area contributed by atoms with Gasteiger partial charge in [0.1, 0.15) is 11.6 Å². The quantitative estimate of drug-likeness (QED) is 0.726. The lowest BCUT2D eigenvalue weighted by Crippen LogP contribution is -2.38. The first kappa shape index (κ1) is 19.8. The molecule has 1 atom stereocenters. The van der Waals surface area contributed by atoms with Crippen LogP contribution >= 0.6 is 12.2 Å². The molecular formula is C21H29N7S. The fourth-order valence-corrected chi connectivity index (χ4v) is 4.17. The smallest absolute Gasteiger partial charge is 0.232 e. The van der Waals surface area contributed by atoms with Crippen molar-refractivity contribution < 1.29 is 0 Å². The van der Waals surface area contributed by atoms with E-state index >= 15 is 0 Å². The molecule has 2 aromatic heterocycles. The van der Waals surface area contributed by atoms with E-state index in [9.17, 15) is 0 Å². The molecule has 2 N–H and O–H groups in total. The zero-order chi connectivity index (χ0) is 20.1. The number of nitrogens with one attached hydrogen (secondary N) is 2. The van der Waals surface area contributed by atoms with Gasteiger partial charge in [0.05, 0.1) is 0 Å². The SMILES string of the molecule is CC1CCCCN1c1cc(N2CCCC2)nc(NC(=S)NCc2cccnc2)n1. The van der Waals surface area contributed by atoms with Crippen LogP contribution in [0.5, 0.6) is 0 Å². The monoisotopic (exact) mass is 411 g/mol. The van der Waals surface area contributed by atoms with Gasteiger partial charge in [-0.3, -0.25) is 4.98 Å². The van der Waals surface area contributed by atoms with Gasteiger partial charge >= 0.3 is 0 Å². The molecule has 4 heterocycles. The van der Waals surface area contributed by atoms with Crippen molar-refractivity contribution in [3.05, 3.63) is 36.2 Å². The lowest BCUT2D eigenvalue weighted by Gasteiger charge is -2.35. The number of hydrogen-bond acceptors (Lipinski definition) is 6. The minimum absolute atomic E-state index is 0.494. The van der Waals surface area contributed by atoms with Gasteiger partial charge in [-0.2, -0.15) is 9.97 Å². The summed E-state index contributed by atoms with van der Waals surface area (Å²) >= 11 is 5.49. The third kappa shape index (κ3) is 5.12. The van der Waals surface area contributed by atoms with Crippen molar-refractivity contribution in [2.45, 2.75) is 51.6 Å². The predicted molar refractivity (Wildman–Crippen MR) is 121 cm³/mol. The molecule has 0 amide bonds. The molecule has 2 fully saturated rings. The van der Waals surface area contributed by atoms with Crippen LogP contribution in [0.2, 0.25) is 0 Å². The Morgan fingerprint density at radius 3 is 2.69 bits per heavy atom. The van der Waals surface area contributed by atoms with Gasteiger partial charge in [-0.1, -0.05) is 6.07 Å². The predicted octanol–water partition coefficient (Wildman–Crippen LogP) is 3.34. The van der Waals surface area contributed by atoms with Gasteiger partial charge in [-0.25, -0.2) is 0 Å². The van der Waals surface area contributed by atoms with Crippen LogP contribution in [0.3, 0.4) is 0 Å². The second kappa shape index (κ2) is 9.35. The average molecular weight is 412 g/mol. The Labute approximate surface area is 177 Å². The van der Waals surface area contributed by atoms with Crippen molar-refractivity contribution in [2.24, 2.45) is 0 Å². The fraction of sp³-hybridized carbons (Fsp3) is 0.524. The van der Waals surface area contributed by atoms with Crippen molar-refractivity contribution in [1.29, 1.82) is 0 Å². The van der Waals surface area contributed by atoms with Gasteiger partial charge in [-0.15, -0.1) is 0 Å². The molecule has 2 aliphatic rings. The molecule has 154 valence electrons. The molecule has 0 aromatic carbocycles. The summed E-state index contributed by atoms with van der Waals surface area (Å²) < 4.78 is 0. The van der Waals surface area contributed by atoms with Crippen LogP contribution in [0.4, 0.5) is 17.6 Å². The normalized spacial score (nSPS) is 19.3. The Hall–Kier alpha value is -2.48. The van der Waals surface area contributed by atoms with E-state index in [4.69, 9.17) is 22.2 Å². The van der Waals surface area contributed by atoms with Crippen molar-refractivity contribution >= 4 is 34.9 Å². The van der Waals surface area contributed by atoms with Crippen LogP contribution in [0.15, 0.2) is 30.6 Å². The summed E-state index contributed by atoms with van der Waals surface area (Å²) in [6.07, 6.45) is 9.73. The molecule has 0 aliphatic carbocycles. The Morgan fingerprint density at radius 1 is 1.14 bits per heavy atom. The number of hydrogen-bond donors (Lipinski definition) is 2. The van der Waals surface area contributed by atoms with E-state index in [-0.39, 0.29) is 0 Å². The lowest BCUT2D eigenvalue weighted by molar-refractivity contribution is 0.481. The summed E-state index contributed by atoms with van der Waals surface area (Å²) in [5, 5.41) is 6.93. The van der Waals surface area contributed by atoms with Gasteiger partial charge in [0.15, 0.2) is 5.11 Å². The number of nitrogens with zero attached hydrogens (tertiary/aromatic N) is 5. The highest BCUT2D eigenvalue weighted by molar-refractivity contribution is 7.80. The second-order valence-electron chi connectivity index (χ2n) is 7.81. The summed E-state index contributed by atoms with van der Waals surface area (Å²) in [4.78, 5) is 18.5. The molecule has 4 rings (SSSR count). The maximum Gasteiger partial charge on any atom is 0.232 e. The molecule has 0 radical (unpaired) electrons. The Kier molecular flexibility index (Phi) is 6.39. The molecule has 2 aromatic rings. The van der Waals surface area contributed by atoms with Crippen molar-refractivity contribution in [2.75, 3.05) is 34.8 Å². The summed E-state index contributed by atoms with van der Waals surface area (Å²) in [6.45, 7) is 6.04. The van der Waals surface area contributed by atoms with Crippen LogP contribution in [0.1, 0.15) is 44.6 Å².